The van der Waals surface area contributed by atoms with E-state index >= 15 is 0 Å². The molecule has 2 aromatic rings. The second-order valence-corrected chi connectivity index (χ2v) is 10.9. The number of nitrogens with one attached hydrogen (secondary N) is 1. The van der Waals surface area contributed by atoms with Crippen LogP contribution in [0.1, 0.15) is 81.0 Å². The third-order valence-electron chi connectivity index (χ3n) is 6.43. The fraction of sp³-hybridized carbons (Fsp3) is 0.538. The number of amides is 1. The molecule has 0 saturated heterocycles. The SMILES string of the molecule is CC(C)c1cc([C@@H](C[C@H]2CCC(=O)C2)C(=O)Nc2cnc(CCO)cn2)ccc1SC1CC1. The second-order valence-electron chi connectivity index (χ2n) is 9.56. The highest BCUT2D eigenvalue weighted by atomic mass is 32.2. The van der Waals surface area contributed by atoms with Gasteiger partial charge in [0.25, 0.3) is 0 Å². The van der Waals surface area contributed by atoms with Crippen molar-refractivity contribution in [3.05, 3.63) is 47.4 Å². The normalized spacial score (nSPS) is 19.2. The van der Waals surface area contributed by atoms with Crippen molar-refractivity contribution < 1.29 is 14.7 Å². The summed E-state index contributed by atoms with van der Waals surface area (Å²) < 4.78 is 0. The van der Waals surface area contributed by atoms with Crippen molar-refractivity contribution in [2.24, 2.45) is 5.92 Å². The topological polar surface area (TPSA) is 92.2 Å². The molecule has 0 unspecified atom stereocenters. The maximum absolute atomic E-state index is 13.4. The number of aromatic nitrogens is 2. The third-order valence-corrected chi connectivity index (χ3v) is 7.86. The fourth-order valence-electron chi connectivity index (χ4n) is 4.40. The molecule has 2 atom stereocenters. The summed E-state index contributed by atoms with van der Waals surface area (Å²) in [6.07, 6.45) is 8.79. The molecule has 33 heavy (non-hydrogen) atoms. The molecule has 2 N–H and O–H groups in total. The molecule has 1 heterocycles. The van der Waals surface area contributed by atoms with Gasteiger partial charge in [0.15, 0.2) is 5.82 Å². The third kappa shape index (κ3) is 6.42. The Bertz CT molecular complexity index is 989. The van der Waals surface area contributed by atoms with Crippen LogP contribution in [0.3, 0.4) is 0 Å². The summed E-state index contributed by atoms with van der Waals surface area (Å²) in [5, 5.41) is 12.7. The number of aliphatic hydroxyl groups excluding tert-OH is 1. The standard InChI is InChI=1S/C26H33N3O3S/c1-16(2)22-13-18(4-8-24(22)33-21-6-7-21)23(12-17-3-5-20(31)11-17)26(32)29-25-15-27-19(9-10-30)14-28-25/h4,8,13-17,21,23,30H,3,5-7,9-12H2,1-2H3,(H,28,29,32)/t17-,23+/m0/s1. The lowest BCUT2D eigenvalue weighted by Crippen LogP contribution is -2.24. The van der Waals surface area contributed by atoms with Crippen molar-refractivity contribution in [2.45, 2.75) is 80.8 Å². The number of carbonyl (C=O) groups excluding carboxylic acids is 2. The summed E-state index contributed by atoms with van der Waals surface area (Å²) in [7, 11) is 0. The van der Waals surface area contributed by atoms with Gasteiger partial charge in [0.1, 0.15) is 5.78 Å². The number of benzene rings is 1. The lowest BCUT2D eigenvalue weighted by atomic mass is 9.85. The van der Waals surface area contributed by atoms with E-state index in [-0.39, 0.29) is 24.3 Å². The van der Waals surface area contributed by atoms with Crippen LogP contribution in [-0.2, 0) is 16.0 Å². The van der Waals surface area contributed by atoms with Crippen molar-refractivity contribution >= 4 is 29.3 Å². The van der Waals surface area contributed by atoms with Crippen molar-refractivity contribution in [1.29, 1.82) is 0 Å². The Morgan fingerprint density at radius 2 is 2.03 bits per heavy atom. The predicted octanol–water partition coefficient (Wildman–Crippen LogP) is 4.87. The van der Waals surface area contributed by atoms with Gasteiger partial charge in [-0.2, -0.15) is 0 Å². The van der Waals surface area contributed by atoms with E-state index < -0.39 is 0 Å². The molecule has 1 aromatic heterocycles. The Labute approximate surface area is 200 Å². The number of carbonyl (C=O) groups is 2. The summed E-state index contributed by atoms with van der Waals surface area (Å²) >= 11 is 1.95. The number of thioether (sulfide) groups is 1. The highest BCUT2D eigenvalue weighted by Gasteiger charge is 2.31. The zero-order chi connectivity index (χ0) is 23.4. The largest absolute Gasteiger partial charge is 0.396 e. The molecular weight excluding hydrogens is 434 g/mol. The average Bonchev–Trinajstić information content (AvgIpc) is 3.52. The number of nitrogens with zero attached hydrogens (tertiary/aromatic N) is 2. The summed E-state index contributed by atoms with van der Waals surface area (Å²) in [4.78, 5) is 35.2. The Kier molecular flexibility index (Phi) is 7.81. The van der Waals surface area contributed by atoms with Crippen molar-refractivity contribution in [1.82, 2.24) is 9.97 Å². The number of ketones is 1. The van der Waals surface area contributed by atoms with Crippen molar-refractivity contribution in [3.63, 3.8) is 0 Å². The molecule has 4 rings (SSSR count). The number of aliphatic hydroxyl groups is 1. The number of hydrogen-bond donors (Lipinski definition) is 2. The lowest BCUT2D eigenvalue weighted by molar-refractivity contribution is -0.119. The number of Topliss-reactive ketones (excluding diaryl/α,β-unsaturated/α-hetero) is 1. The molecule has 2 fully saturated rings. The minimum atomic E-state index is -0.350. The van der Waals surface area contributed by atoms with Crippen LogP contribution in [0.15, 0.2) is 35.5 Å². The molecule has 2 saturated carbocycles. The minimum Gasteiger partial charge on any atom is -0.396 e. The van der Waals surface area contributed by atoms with E-state index in [4.69, 9.17) is 5.11 Å². The first kappa shape index (κ1) is 23.9. The van der Waals surface area contributed by atoms with Crippen LogP contribution in [0.4, 0.5) is 5.82 Å². The summed E-state index contributed by atoms with van der Waals surface area (Å²) in [6, 6.07) is 6.47. The maximum Gasteiger partial charge on any atom is 0.233 e. The van der Waals surface area contributed by atoms with Gasteiger partial charge < -0.3 is 10.4 Å². The molecule has 0 bridgehead atoms. The number of hydrogen-bond acceptors (Lipinski definition) is 6. The second kappa shape index (κ2) is 10.8. The van der Waals surface area contributed by atoms with Crippen LogP contribution >= 0.6 is 11.8 Å². The van der Waals surface area contributed by atoms with Gasteiger partial charge in [-0.25, -0.2) is 4.98 Å². The molecule has 176 valence electrons. The number of anilines is 1. The summed E-state index contributed by atoms with van der Waals surface area (Å²) in [5.41, 5.74) is 2.97. The van der Waals surface area contributed by atoms with Crippen LogP contribution in [0, 0.1) is 5.92 Å². The van der Waals surface area contributed by atoms with Gasteiger partial charge in [-0.1, -0.05) is 26.0 Å². The molecule has 7 heteroatoms. The predicted molar refractivity (Wildman–Crippen MR) is 131 cm³/mol. The zero-order valence-corrected chi connectivity index (χ0v) is 20.2. The maximum atomic E-state index is 13.4. The highest BCUT2D eigenvalue weighted by molar-refractivity contribution is 8.00. The average molecular weight is 468 g/mol. The fourth-order valence-corrected chi connectivity index (χ4v) is 5.71. The van der Waals surface area contributed by atoms with E-state index in [9.17, 15) is 9.59 Å². The molecule has 2 aliphatic rings. The van der Waals surface area contributed by atoms with Crippen LogP contribution in [0.5, 0.6) is 0 Å². The quantitative estimate of drug-likeness (QED) is 0.518. The van der Waals surface area contributed by atoms with Gasteiger partial charge in [-0.05, 0) is 54.7 Å². The van der Waals surface area contributed by atoms with Crippen molar-refractivity contribution in [2.75, 3.05) is 11.9 Å². The van der Waals surface area contributed by atoms with Gasteiger partial charge in [0.2, 0.25) is 5.91 Å². The van der Waals surface area contributed by atoms with E-state index in [0.29, 0.717) is 48.9 Å². The first-order valence-corrected chi connectivity index (χ1v) is 12.9. The Hall–Kier alpha value is -2.25. The van der Waals surface area contributed by atoms with Crippen LogP contribution in [0.2, 0.25) is 0 Å². The summed E-state index contributed by atoms with van der Waals surface area (Å²) in [5.74, 6) is 0.832. The zero-order valence-electron chi connectivity index (χ0n) is 19.4. The van der Waals surface area contributed by atoms with Crippen LogP contribution in [0.25, 0.3) is 0 Å². The molecule has 1 amide bonds. The molecule has 0 radical (unpaired) electrons. The molecule has 0 aliphatic heterocycles. The minimum absolute atomic E-state index is 0.00970. The van der Waals surface area contributed by atoms with E-state index in [0.717, 1.165) is 17.2 Å². The van der Waals surface area contributed by atoms with Gasteiger partial charge in [-0.3, -0.25) is 14.6 Å². The molecule has 0 spiro atoms. The van der Waals surface area contributed by atoms with E-state index in [1.165, 1.54) is 29.5 Å². The van der Waals surface area contributed by atoms with Crippen LogP contribution < -0.4 is 5.32 Å². The van der Waals surface area contributed by atoms with Gasteiger partial charge in [0.05, 0.1) is 24.0 Å². The smallest absolute Gasteiger partial charge is 0.233 e. The summed E-state index contributed by atoms with van der Waals surface area (Å²) in [6.45, 7) is 4.41. The van der Waals surface area contributed by atoms with Gasteiger partial charge in [0, 0.05) is 36.0 Å². The van der Waals surface area contributed by atoms with E-state index in [1.807, 2.05) is 11.8 Å². The Morgan fingerprint density at radius 3 is 2.64 bits per heavy atom. The first-order valence-electron chi connectivity index (χ1n) is 12.0. The van der Waals surface area contributed by atoms with E-state index in [1.54, 1.807) is 6.20 Å². The molecule has 6 nitrogen and oxygen atoms in total. The lowest BCUT2D eigenvalue weighted by Gasteiger charge is -2.22. The van der Waals surface area contributed by atoms with Gasteiger partial charge >= 0.3 is 0 Å². The highest BCUT2D eigenvalue weighted by Crippen LogP contribution is 2.43. The van der Waals surface area contributed by atoms with Crippen molar-refractivity contribution in [3.8, 4) is 0 Å². The number of rotatable bonds is 10. The van der Waals surface area contributed by atoms with Gasteiger partial charge in [-0.15, -0.1) is 11.8 Å². The monoisotopic (exact) mass is 467 g/mol. The Balaban J connectivity index is 1.57. The molecular formula is C26H33N3O3S. The van der Waals surface area contributed by atoms with E-state index in [2.05, 4.69) is 47.3 Å². The Morgan fingerprint density at radius 1 is 1.21 bits per heavy atom. The molecule has 2 aliphatic carbocycles. The first-order chi connectivity index (χ1) is 15.9. The van der Waals surface area contributed by atoms with Crippen LogP contribution in [-0.4, -0.2) is 38.6 Å². The molecule has 1 aromatic carbocycles.